The molecular formula is C30H34O4S. The highest BCUT2D eigenvalue weighted by molar-refractivity contribution is 8.03. The number of ether oxygens (including phenoxy) is 4. The topological polar surface area (TPSA) is 36.9 Å². The van der Waals surface area contributed by atoms with Gasteiger partial charge in [-0.1, -0.05) is 96.7 Å². The summed E-state index contributed by atoms with van der Waals surface area (Å²) in [6.07, 6.45) is 2.72. The Hall–Kier alpha value is -2.41. The molecule has 0 spiro atoms. The molecule has 0 amide bonds. The third-order valence-corrected chi connectivity index (χ3v) is 7.00. The van der Waals surface area contributed by atoms with Crippen LogP contribution in [0.5, 0.6) is 0 Å². The summed E-state index contributed by atoms with van der Waals surface area (Å²) >= 11 is 1.76. The molecule has 1 heterocycles. The molecule has 0 unspecified atom stereocenters. The first-order valence-electron chi connectivity index (χ1n) is 12.1. The Balaban J connectivity index is 1.48. The molecule has 0 aliphatic carbocycles. The minimum Gasteiger partial charge on any atom is -0.371 e. The predicted octanol–water partition coefficient (Wildman–Crippen LogP) is 7.00. The van der Waals surface area contributed by atoms with Gasteiger partial charge in [0.25, 0.3) is 0 Å². The predicted molar refractivity (Wildman–Crippen MR) is 141 cm³/mol. The summed E-state index contributed by atoms with van der Waals surface area (Å²) in [6, 6.07) is 30.9. The van der Waals surface area contributed by atoms with Crippen molar-refractivity contribution < 1.29 is 18.9 Å². The van der Waals surface area contributed by atoms with Gasteiger partial charge in [-0.2, -0.15) is 0 Å². The fraction of sp³-hybridized carbons (Fsp3) is 0.333. The zero-order valence-corrected chi connectivity index (χ0v) is 21.2. The minimum absolute atomic E-state index is 0.141. The molecule has 1 aliphatic heterocycles. The van der Waals surface area contributed by atoms with Crippen LogP contribution in [0.15, 0.2) is 107 Å². The van der Waals surface area contributed by atoms with Crippen molar-refractivity contribution in [3.8, 4) is 0 Å². The second-order valence-electron chi connectivity index (χ2n) is 8.64. The Bertz CT molecular complexity index is 1030. The zero-order chi connectivity index (χ0) is 24.3. The van der Waals surface area contributed by atoms with Crippen molar-refractivity contribution in [3.63, 3.8) is 0 Å². The molecule has 35 heavy (non-hydrogen) atoms. The zero-order valence-electron chi connectivity index (χ0n) is 20.4. The van der Waals surface area contributed by atoms with Gasteiger partial charge in [-0.15, -0.1) is 0 Å². The summed E-state index contributed by atoms with van der Waals surface area (Å²) in [5.41, 5.74) is 2.27. The normalized spacial score (nSPS) is 22.7. The quantitative estimate of drug-likeness (QED) is 0.270. The second-order valence-corrected chi connectivity index (χ2v) is 9.96. The Morgan fingerprint density at radius 2 is 1.43 bits per heavy atom. The van der Waals surface area contributed by atoms with Gasteiger partial charge in [-0.05, 0) is 41.5 Å². The highest BCUT2D eigenvalue weighted by atomic mass is 32.2. The van der Waals surface area contributed by atoms with Crippen LogP contribution in [0.3, 0.4) is 0 Å². The molecule has 3 aromatic rings. The molecule has 5 heteroatoms. The first-order chi connectivity index (χ1) is 17.2. The van der Waals surface area contributed by atoms with E-state index in [1.54, 1.807) is 18.9 Å². The van der Waals surface area contributed by atoms with E-state index < -0.39 is 0 Å². The van der Waals surface area contributed by atoms with E-state index in [0.29, 0.717) is 19.6 Å². The Kier molecular flexibility index (Phi) is 9.99. The van der Waals surface area contributed by atoms with Gasteiger partial charge < -0.3 is 18.9 Å². The van der Waals surface area contributed by atoms with Gasteiger partial charge in [0.15, 0.2) is 6.29 Å². The van der Waals surface area contributed by atoms with Crippen molar-refractivity contribution in [2.75, 3.05) is 7.11 Å². The van der Waals surface area contributed by atoms with Crippen LogP contribution >= 0.6 is 11.8 Å². The molecule has 1 aliphatic rings. The number of allylic oxidation sites excluding steroid dienone is 1. The fourth-order valence-electron chi connectivity index (χ4n) is 4.15. The summed E-state index contributed by atoms with van der Waals surface area (Å²) in [5.74, 6) is 0. The summed E-state index contributed by atoms with van der Waals surface area (Å²) in [6.45, 7) is 3.17. The molecule has 4 nitrogen and oxygen atoms in total. The molecule has 4 atom stereocenters. The van der Waals surface area contributed by atoms with Crippen LogP contribution in [0.1, 0.15) is 30.9 Å². The minimum atomic E-state index is -0.326. The van der Waals surface area contributed by atoms with E-state index in [4.69, 9.17) is 18.9 Å². The fourth-order valence-corrected chi connectivity index (χ4v) is 5.00. The summed E-state index contributed by atoms with van der Waals surface area (Å²) in [4.78, 5) is 2.45. The number of hydrogen-bond acceptors (Lipinski definition) is 5. The first kappa shape index (κ1) is 25.7. The molecule has 0 bridgehead atoms. The molecule has 0 radical (unpaired) electrons. The van der Waals surface area contributed by atoms with Crippen molar-refractivity contribution >= 4 is 11.8 Å². The van der Waals surface area contributed by atoms with Gasteiger partial charge in [0.1, 0.15) is 6.10 Å². The van der Waals surface area contributed by atoms with Crippen LogP contribution in [0, 0.1) is 0 Å². The summed E-state index contributed by atoms with van der Waals surface area (Å²) < 4.78 is 24.9. The lowest BCUT2D eigenvalue weighted by molar-refractivity contribution is -0.262. The van der Waals surface area contributed by atoms with E-state index >= 15 is 0 Å². The lowest BCUT2D eigenvalue weighted by Gasteiger charge is -2.41. The van der Waals surface area contributed by atoms with Gasteiger partial charge in [0, 0.05) is 18.4 Å². The van der Waals surface area contributed by atoms with E-state index in [0.717, 1.165) is 17.5 Å². The SMILES string of the molecule is CO[C@@H]1C[C@@H](OCc2ccccc2)[C@@H](OCc2ccccc2)[C@@H](C/C=C(\C)Sc2ccccc2)O1. The standard InChI is InChI=1S/C30H34O4S/c1-23(35-26-16-10-5-11-17-26)18-19-27-30(33-22-25-14-8-4-9-15-25)28(20-29(31-2)34-27)32-21-24-12-6-3-7-13-24/h3-18,27-30H,19-22H2,1-2H3/b23-18+/t27-,28-,29+,30+/m1/s1. The van der Waals surface area contributed by atoms with Crippen LogP contribution in [0.4, 0.5) is 0 Å². The van der Waals surface area contributed by atoms with E-state index in [2.05, 4.69) is 61.5 Å². The van der Waals surface area contributed by atoms with Crippen LogP contribution in [0.2, 0.25) is 0 Å². The molecule has 3 aromatic carbocycles. The van der Waals surface area contributed by atoms with Crippen LogP contribution < -0.4 is 0 Å². The highest BCUT2D eigenvalue weighted by Gasteiger charge is 2.40. The number of rotatable bonds is 11. The molecule has 184 valence electrons. The van der Waals surface area contributed by atoms with E-state index in [1.807, 2.05) is 42.5 Å². The summed E-state index contributed by atoms with van der Waals surface area (Å²) in [7, 11) is 1.69. The van der Waals surface area contributed by atoms with Gasteiger partial charge in [0.2, 0.25) is 0 Å². The molecular weight excluding hydrogens is 456 g/mol. The molecule has 0 N–H and O–H groups in total. The molecule has 0 saturated carbocycles. The molecule has 1 fully saturated rings. The average molecular weight is 491 g/mol. The molecule has 4 rings (SSSR count). The van der Waals surface area contributed by atoms with Crippen LogP contribution in [0.25, 0.3) is 0 Å². The van der Waals surface area contributed by atoms with E-state index in [9.17, 15) is 0 Å². The smallest absolute Gasteiger partial charge is 0.160 e. The number of methoxy groups -OCH3 is 1. The lowest BCUT2D eigenvalue weighted by atomic mass is 9.98. The highest BCUT2D eigenvalue weighted by Crippen LogP contribution is 2.31. The van der Waals surface area contributed by atoms with Crippen LogP contribution in [-0.2, 0) is 32.2 Å². The Morgan fingerprint density at radius 1 is 0.857 bits per heavy atom. The van der Waals surface area contributed by atoms with Gasteiger partial charge in [-0.25, -0.2) is 0 Å². The third-order valence-electron chi connectivity index (χ3n) is 6.00. The Labute approximate surface area is 213 Å². The number of benzene rings is 3. The second kappa shape index (κ2) is 13.6. The molecule has 0 aromatic heterocycles. The average Bonchev–Trinajstić information content (AvgIpc) is 2.91. The van der Waals surface area contributed by atoms with Crippen molar-refractivity contribution in [2.24, 2.45) is 0 Å². The maximum atomic E-state index is 6.48. The van der Waals surface area contributed by atoms with Crippen molar-refractivity contribution in [3.05, 3.63) is 113 Å². The maximum Gasteiger partial charge on any atom is 0.160 e. The monoisotopic (exact) mass is 490 g/mol. The van der Waals surface area contributed by atoms with Crippen molar-refractivity contribution in [1.29, 1.82) is 0 Å². The van der Waals surface area contributed by atoms with Crippen molar-refractivity contribution in [1.82, 2.24) is 0 Å². The first-order valence-corrected chi connectivity index (χ1v) is 12.9. The van der Waals surface area contributed by atoms with Gasteiger partial charge in [0.05, 0.1) is 25.4 Å². The van der Waals surface area contributed by atoms with E-state index in [1.165, 1.54) is 9.80 Å². The summed E-state index contributed by atoms with van der Waals surface area (Å²) in [5, 5.41) is 0. The van der Waals surface area contributed by atoms with Gasteiger partial charge >= 0.3 is 0 Å². The van der Waals surface area contributed by atoms with Crippen molar-refractivity contribution in [2.45, 2.75) is 62.5 Å². The third kappa shape index (κ3) is 8.06. The lowest BCUT2D eigenvalue weighted by Crippen LogP contribution is -2.51. The van der Waals surface area contributed by atoms with E-state index in [-0.39, 0.29) is 24.6 Å². The largest absolute Gasteiger partial charge is 0.371 e. The Morgan fingerprint density at radius 3 is 2.03 bits per heavy atom. The molecule has 1 saturated heterocycles. The van der Waals surface area contributed by atoms with Gasteiger partial charge in [-0.3, -0.25) is 0 Å². The maximum absolute atomic E-state index is 6.48. The number of thioether (sulfide) groups is 1. The number of hydrogen-bond donors (Lipinski definition) is 0. The van der Waals surface area contributed by atoms with Crippen LogP contribution in [-0.4, -0.2) is 31.7 Å².